The van der Waals surface area contributed by atoms with Crippen molar-refractivity contribution < 1.29 is 14.1 Å². The molecular formula is C18H23N3O3. The Hall–Kier alpha value is -2.34. The number of fused-ring (bicyclic) bond motifs is 1. The quantitative estimate of drug-likeness (QED) is 0.903. The molecule has 6 nitrogen and oxygen atoms in total. The van der Waals surface area contributed by atoms with Gasteiger partial charge in [0.15, 0.2) is 0 Å². The van der Waals surface area contributed by atoms with E-state index in [1.54, 1.807) is 13.8 Å². The molecule has 1 amide bonds. The van der Waals surface area contributed by atoms with Crippen LogP contribution in [0.25, 0.3) is 0 Å². The largest absolute Gasteiger partial charge is 0.487 e. The third kappa shape index (κ3) is 3.14. The molecule has 0 radical (unpaired) electrons. The first kappa shape index (κ1) is 16.5. The van der Waals surface area contributed by atoms with Gasteiger partial charge in [-0.1, -0.05) is 23.4 Å². The number of ether oxygens (including phenoxy) is 1. The van der Waals surface area contributed by atoms with Gasteiger partial charge in [0.1, 0.15) is 28.9 Å². The fourth-order valence-electron chi connectivity index (χ4n) is 3.03. The minimum Gasteiger partial charge on any atom is -0.487 e. The summed E-state index contributed by atoms with van der Waals surface area (Å²) >= 11 is 0. The van der Waals surface area contributed by atoms with Crippen LogP contribution >= 0.6 is 0 Å². The summed E-state index contributed by atoms with van der Waals surface area (Å²) in [6.07, 6.45) is 2.01. The zero-order valence-electron chi connectivity index (χ0n) is 14.4. The van der Waals surface area contributed by atoms with Crippen LogP contribution in [0.5, 0.6) is 5.75 Å². The number of rotatable bonds is 3. The van der Waals surface area contributed by atoms with Gasteiger partial charge in [0.05, 0.1) is 11.6 Å². The lowest BCUT2D eigenvalue weighted by atomic mass is 9.89. The molecule has 3 rings (SSSR count). The van der Waals surface area contributed by atoms with Gasteiger partial charge >= 0.3 is 0 Å². The van der Waals surface area contributed by atoms with Crippen molar-refractivity contribution in [2.45, 2.75) is 51.3 Å². The van der Waals surface area contributed by atoms with Crippen LogP contribution in [0.2, 0.25) is 0 Å². The Morgan fingerprint density at radius 1 is 1.38 bits per heavy atom. The molecule has 128 valence electrons. The summed E-state index contributed by atoms with van der Waals surface area (Å²) in [5.74, 6) is 0.547. The molecule has 0 saturated heterocycles. The zero-order valence-corrected chi connectivity index (χ0v) is 14.4. The van der Waals surface area contributed by atoms with E-state index in [0.717, 1.165) is 11.3 Å². The second-order valence-corrected chi connectivity index (χ2v) is 7.43. The predicted molar refractivity (Wildman–Crippen MR) is 89.7 cm³/mol. The first-order valence-corrected chi connectivity index (χ1v) is 8.00. The summed E-state index contributed by atoms with van der Waals surface area (Å²) in [5.41, 5.74) is 6.73. The van der Waals surface area contributed by atoms with Gasteiger partial charge in [-0.05, 0) is 33.8 Å². The lowest BCUT2D eigenvalue weighted by Gasteiger charge is -2.37. The van der Waals surface area contributed by atoms with Crippen LogP contribution in [0.1, 0.15) is 61.8 Å². The first-order valence-electron chi connectivity index (χ1n) is 8.00. The van der Waals surface area contributed by atoms with Gasteiger partial charge in [-0.25, -0.2) is 0 Å². The van der Waals surface area contributed by atoms with Crippen LogP contribution in [0.4, 0.5) is 0 Å². The molecule has 0 spiro atoms. The molecule has 0 fully saturated rings. The Kier molecular flexibility index (Phi) is 3.87. The lowest BCUT2D eigenvalue weighted by molar-refractivity contribution is 0.0619. The van der Waals surface area contributed by atoms with Gasteiger partial charge in [-0.15, -0.1) is 0 Å². The van der Waals surface area contributed by atoms with Crippen LogP contribution < -0.4 is 15.8 Å². The zero-order chi connectivity index (χ0) is 17.5. The van der Waals surface area contributed by atoms with Crippen LogP contribution in [-0.4, -0.2) is 16.7 Å². The van der Waals surface area contributed by atoms with Crippen LogP contribution in [0.3, 0.4) is 0 Å². The van der Waals surface area contributed by atoms with E-state index in [0.29, 0.717) is 17.7 Å². The van der Waals surface area contributed by atoms with Gasteiger partial charge < -0.3 is 20.3 Å². The molecule has 1 aliphatic heterocycles. The van der Waals surface area contributed by atoms with Crippen molar-refractivity contribution in [3.8, 4) is 5.75 Å². The van der Waals surface area contributed by atoms with Crippen LogP contribution in [0.15, 0.2) is 35.1 Å². The Morgan fingerprint density at radius 2 is 2.08 bits per heavy atom. The summed E-state index contributed by atoms with van der Waals surface area (Å²) in [7, 11) is 0. The molecule has 1 atom stereocenters. The highest BCUT2D eigenvalue weighted by molar-refractivity contribution is 5.95. The minimum atomic E-state index is -0.757. The number of carbonyl (C=O) groups excluding carboxylic acids is 1. The van der Waals surface area contributed by atoms with E-state index in [4.69, 9.17) is 15.0 Å². The number of aromatic nitrogens is 1. The van der Waals surface area contributed by atoms with E-state index in [2.05, 4.69) is 10.5 Å². The van der Waals surface area contributed by atoms with Gasteiger partial charge in [0.25, 0.3) is 5.91 Å². The summed E-state index contributed by atoms with van der Waals surface area (Å²) in [6, 6.07) is 7.60. The van der Waals surface area contributed by atoms with Crippen molar-refractivity contribution >= 4 is 5.91 Å². The summed E-state index contributed by atoms with van der Waals surface area (Å²) < 4.78 is 11.0. The number of amides is 1. The van der Waals surface area contributed by atoms with E-state index >= 15 is 0 Å². The van der Waals surface area contributed by atoms with E-state index in [9.17, 15) is 4.79 Å². The predicted octanol–water partition coefficient (Wildman–Crippen LogP) is 2.90. The normalized spacial score (nSPS) is 19.3. The molecule has 1 aliphatic rings. The Labute approximate surface area is 141 Å². The second kappa shape index (κ2) is 5.63. The molecule has 1 unspecified atom stereocenters. The molecule has 6 heteroatoms. The fraction of sp³-hybridized carbons (Fsp3) is 0.444. The molecule has 2 aromatic rings. The van der Waals surface area contributed by atoms with Crippen molar-refractivity contribution in [2.75, 3.05) is 0 Å². The molecular weight excluding hydrogens is 306 g/mol. The summed E-state index contributed by atoms with van der Waals surface area (Å²) in [5, 5.41) is 6.96. The molecule has 2 heterocycles. The Balaban J connectivity index is 1.89. The van der Waals surface area contributed by atoms with Crippen molar-refractivity contribution in [2.24, 2.45) is 5.73 Å². The number of carbonyl (C=O) groups is 1. The van der Waals surface area contributed by atoms with Gasteiger partial charge in [0, 0.05) is 12.0 Å². The maximum Gasteiger partial charge on any atom is 0.257 e. The van der Waals surface area contributed by atoms with E-state index in [1.165, 1.54) is 6.26 Å². The van der Waals surface area contributed by atoms with Gasteiger partial charge in [-0.2, -0.15) is 0 Å². The maximum absolute atomic E-state index is 12.8. The van der Waals surface area contributed by atoms with Gasteiger partial charge in [-0.3, -0.25) is 4.79 Å². The standard InChI is InChI=1S/C18H23N3O3/c1-17(2)9-13(11-7-5-6-8-14(11)24-17)20-16(22)12-10-23-21-15(12)18(3,4)19/h5-8,10,13H,9,19H2,1-4H3,(H,20,22). The highest BCUT2D eigenvalue weighted by Gasteiger charge is 2.35. The number of nitrogens with one attached hydrogen (secondary N) is 1. The maximum atomic E-state index is 12.8. The fourth-order valence-corrected chi connectivity index (χ4v) is 3.03. The van der Waals surface area contributed by atoms with Crippen molar-refractivity contribution in [1.82, 2.24) is 10.5 Å². The third-order valence-corrected chi connectivity index (χ3v) is 4.11. The Bertz CT molecular complexity index is 759. The number of hydrogen-bond acceptors (Lipinski definition) is 5. The summed E-state index contributed by atoms with van der Waals surface area (Å²) in [4.78, 5) is 12.8. The number of benzene rings is 1. The molecule has 0 saturated carbocycles. The highest BCUT2D eigenvalue weighted by atomic mass is 16.5. The molecule has 0 bridgehead atoms. The SMILES string of the molecule is CC1(C)CC(NC(=O)c2conc2C(C)(C)N)c2ccccc2O1. The second-order valence-electron chi connectivity index (χ2n) is 7.43. The molecule has 0 aliphatic carbocycles. The van der Waals surface area contributed by atoms with Crippen molar-refractivity contribution in [3.05, 3.63) is 47.3 Å². The van der Waals surface area contributed by atoms with Crippen molar-refractivity contribution in [1.29, 1.82) is 0 Å². The average molecular weight is 329 g/mol. The van der Waals surface area contributed by atoms with E-state index in [1.807, 2.05) is 38.1 Å². The van der Waals surface area contributed by atoms with Gasteiger partial charge in [0.2, 0.25) is 0 Å². The molecule has 1 aromatic carbocycles. The Morgan fingerprint density at radius 3 is 2.79 bits per heavy atom. The molecule has 24 heavy (non-hydrogen) atoms. The van der Waals surface area contributed by atoms with E-state index < -0.39 is 5.54 Å². The lowest BCUT2D eigenvalue weighted by Crippen LogP contribution is -2.42. The topological polar surface area (TPSA) is 90.4 Å². The van der Waals surface area contributed by atoms with Crippen LogP contribution in [-0.2, 0) is 5.54 Å². The summed E-state index contributed by atoms with van der Waals surface area (Å²) in [6.45, 7) is 7.59. The first-order chi connectivity index (χ1) is 11.2. The molecule has 1 aromatic heterocycles. The highest BCUT2D eigenvalue weighted by Crippen LogP contribution is 2.39. The third-order valence-electron chi connectivity index (χ3n) is 4.11. The number of para-hydroxylation sites is 1. The minimum absolute atomic E-state index is 0.152. The number of hydrogen-bond donors (Lipinski definition) is 2. The van der Waals surface area contributed by atoms with Crippen LogP contribution in [0, 0.1) is 0 Å². The molecule has 3 N–H and O–H groups in total. The van der Waals surface area contributed by atoms with Crippen molar-refractivity contribution in [3.63, 3.8) is 0 Å². The number of nitrogens with two attached hydrogens (primary N) is 1. The van der Waals surface area contributed by atoms with E-state index in [-0.39, 0.29) is 17.6 Å². The monoisotopic (exact) mass is 329 g/mol. The smallest absolute Gasteiger partial charge is 0.257 e. The number of nitrogens with zero attached hydrogens (tertiary/aromatic N) is 1. The average Bonchev–Trinajstić information content (AvgIpc) is 2.95.